The smallest absolute Gasteiger partial charge is 0.326 e. The normalized spacial score (nSPS) is 19.6. The SMILES string of the molecule is CC1(c2ccccc2)NC(=O)N(CC(=O)OCc2ccccc2)C1=O. The number of hydrogen-bond donors (Lipinski definition) is 1. The van der Waals surface area contributed by atoms with Gasteiger partial charge in [0.1, 0.15) is 18.7 Å². The van der Waals surface area contributed by atoms with Crippen molar-refractivity contribution in [2.24, 2.45) is 0 Å². The van der Waals surface area contributed by atoms with Gasteiger partial charge >= 0.3 is 12.0 Å². The molecular formula is C19H18N2O4. The van der Waals surface area contributed by atoms with E-state index in [4.69, 9.17) is 4.74 Å². The number of benzene rings is 2. The summed E-state index contributed by atoms with van der Waals surface area (Å²) in [5.41, 5.74) is 0.314. The molecule has 0 aliphatic carbocycles. The second kappa shape index (κ2) is 6.76. The standard InChI is InChI=1S/C19H18N2O4/c1-19(15-10-6-3-7-11-15)17(23)21(18(24)20-19)12-16(22)25-13-14-8-4-2-5-9-14/h2-11H,12-13H2,1H3,(H,20,24). The largest absolute Gasteiger partial charge is 0.459 e. The predicted octanol–water partition coefficient (Wildman–Crippen LogP) is 2.20. The Morgan fingerprint density at radius 3 is 2.28 bits per heavy atom. The number of hydrogen-bond acceptors (Lipinski definition) is 4. The minimum absolute atomic E-state index is 0.0965. The maximum atomic E-state index is 12.7. The van der Waals surface area contributed by atoms with Crippen LogP contribution in [-0.2, 0) is 26.5 Å². The van der Waals surface area contributed by atoms with Gasteiger partial charge in [0.2, 0.25) is 0 Å². The molecule has 6 nitrogen and oxygen atoms in total. The highest BCUT2D eigenvalue weighted by molar-refractivity contribution is 6.08. The monoisotopic (exact) mass is 338 g/mol. The summed E-state index contributed by atoms with van der Waals surface area (Å²) in [7, 11) is 0. The minimum atomic E-state index is -1.18. The molecule has 1 aliphatic heterocycles. The van der Waals surface area contributed by atoms with Crippen LogP contribution in [0.5, 0.6) is 0 Å². The van der Waals surface area contributed by atoms with E-state index in [1.807, 2.05) is 36.4 Å². The lowest BCUT2D eigenvalue weighted by molar-refractivity contribution is -0.148. The minimum Gasteiger partial charge on any atom is -0.459 e. The molecule has 0 spiro atoms. The number of carbonyl (C=O) groups excluding carboxylic acids is 3. The molecule has 0 aromatic heterocycles. The summed E-state index contributed by atoms with van der Waals surface area (Å²) >= 11 is 0. The van der Waals surface area contributed by atoms with Crippen LogP contribution in [0, 0.1) is 0 Å². The van der Waals surface area contributed by atoms with Crippen LogP contribution in [0.1, 0.15) is 18.1 Å². The zero-order valence-electron chi connectivity index (χ0n) is 13.8. The highest BCUT2D eigenvalue weighted by Gasteiger charge is 2.49. The van der Waals surface area contributed by atoms with Crippen LogP contribution >= 0.6 is 0 Å². The molecule has 0 bridgehead atoms. The van der Waals surface area contributed by atoms with Crippen molar-refractivity contribution < 1.29 is 19.1 Å². The zero-order valence-corrected chi connectivity index (χ0v) is 13.8. The van der Waals surface area contributed by atoms with E-state index in [1.54, 1.807) is 31.2 Å². The molecule has 0 radical (unpaired) electrons. The second-order valence-corrected chi connectivity index (χ2v) is 5.96. The van der Waals surface area contributed by atoms with Crippen LogP contribution in [-0.4, -0.2) is 29.4 Å². The third-order valence-corrected chi connectivity index (χ3v) is 4.16. The summed E-state index contributed by atoms with van der Waals surface area (Å²) in [6, 6.07) is 17.5. The average Bonchev–Trinajstić information content (AvgIpc) is 2.86. The van der Waals surface area contributed by atoms with Crippen LogP contribution in [0.15, 0.2) is 60.7 Å². The number of nitrogens with one attached hydrogen (secondary N) is 1. The van der Waals surface area contributed by atoms with Crippen molar-refractivity contribution in [2.45, 2.75) is 19.1 Å². The highest BCUT2D eigenvalue weighted by Crippen LogP contribution is 2.28. The zero-order chi connectivity index (χ0) is 17.9. The molecule has 1 atom stereocenters. The van der Waals surface area contributed by atoms with Crippen LogP contribution in [0.4, 0.5) is 4.79 Å². The Morgan fingerprint density at radius 1 is 1.04 bits per heavy atom. The lowest BCUT2D eigenvalue weighted by atomic mass is 9.92. The van der Waals surface area contributed by atoms with Crippen LogP contribution in [0.2, 0.25) is 0 Å². The van der Waals surface area contributed by atoms with Crippen LogP contribution < -0.4 is 5.32 Å². The van der Waals surface area contributed by atoms with Crippen molar-refractivity contribution in [3.63, 3.8) is 0 Å². The lowest BCUT2D eigenvalue weighted by Gasteiger charge is -2.21. The molecule has 3 amide bonds. The summed E-state index contributed by atoms with van der Waals surface area (Å²) in [4.78, 5) is 37.8. The van der Waals surface area contributed by atoms with Gasteiger partial charge in [-0.1, -0.05) is 60.7 Å². The molecule has 1 heterocycles. The molecular weight excluding hydrogens is 320 g/mol. The van der Waals surface area contributed by atoms with Crippen molar-refractivity contribution in [3.05, 3.63) is 71.8 Å². The number of nitrogens with zero attached hydrogens (tertiary/aromatic N) is 1. The molecule has 1 unspecified atom stereocenters. The molecule has 3 rings (SSSR count). The number of carbonyl (C=O) groups is 3. The van der Waals surface area contributed by atoms with Gasteiger partial charge in [0, 0.05) is 0 Å². The van der Waals surface area contributed by atoms with E-state index in [0.717, 1.165) is 10.5 Å². The Balaban J connectivity index is 1.66. The molecule has 1 aliphatic rings. The first kappa shape index (κ1) is 16.7. The van der Waals surface area contributed by atoms with Crippen LogP contribution in [0.25, 0.3) is 0 Å². The Labute approximate surface area is 145 Å². The van der Waals surface area contributed by atoms with Gasteiger partial charge in [-0.25, -0.2) is 4.79 Å². The Morgan fingerprint density at radius 2 is 1.64 bits per heavy atom. The summed E-state index contributed by atoms with van der Waals surface area (Å²) in [6.45, 7) is 1.30. The number of urea groups is 1. The third kappa shape index (κ3) is 3.38. The number of esters is 1. The summed E-state index contributed by atoms with van der Waals surface area (Å²) in [6.07, 6.45) is 0. The van der Waals surface area contributed by atoms with E-state index < -0.39 is 30.0 Å². The van der Waals surface area contributed by atoms with Gasteiger partial charge in [-0.3, -0.25) is 14.5 Å². The number of ether oxygens (including phenoxy) is 1. The number of imide groups is 1. The maximum absolute atomic E-state index is 12.7. The highest BCUT2D eigenvalue weighted by atomic mass is 16.5. The average molecular weight is 338 g/mol. The molecule has 128 valence electrons. The van der Waals surface area contributed by atoms with Gasteiger partial charge in [-0.15, -0.1) is 0 Å². The van der Waals surface area contributed by atoms with Crippen LogP contribution in [0.3, 0.4) is 0 Å². The summed E-state index contributed by atoms with van der Waals surface area (Å²) < 4.78 is 5.15. The Bertz CT molecular complexity index is 792. The summed E-state index contributed by atoms with van der Waals surface area (Å²) in [5, 5.41) is 2.66. The molecule has 1 N–H and O–H groups in total. The van der Waals surface area contributed by atoms with Crippen molar-refractivity contribution in [1.29, 1.82) is 0 Å². The number of rotatable bonds is 5. The van der Waals surface area contributed by atoms with Gasteiger partial charge < -0.3 is 10.1 Å². The van der Waals surface area contributed by atoms with Crippen molar-refractivity contribution >= 4 is 17.9 Å². The third-order valence-electron chi connectivity index (χ3n) is 4.16. The Hall–Kier alpha value is -3.15. The molecule has 25 heavy (non-hydrogen) atoms. The molecule has 2 aromatic carbocycles. The number of amides is 3. The molecule has 6 heteroatoms. The van der Waals surface area contributed by atoms with Gasteiger partial charge in [-0.2, -0.15) is 0 Å². The molecule has 0 saturated carbocycles. The van der Waals surface area contributed by atoms with E-state index in [2.05, 4.69) is 5.32 Å². The summed E-state index contributed by atoms with van der Waals surface area (Å²) in [5.74, 6) is -1.11. The molecule has 2 aromatic rings. The van der Waals surface area contributed by atoms with E-state index in [9.17, 15) is 14.4 Å². The van der Waals surface area contributed by atoms with E-state index in [-0.39, 0.29) is 6.61 Å². The van der Waals surface area contributed by atoms with Gasteiger partial charge in [-0.05, 0) is 18.1 Å². The predicted molar refractivity (Wildman–Crippen MR) is 90.3 cm³/mol. The fourth-order valence-electron chi connectivity index (χ4n) is 2.72. The fourth-order valence-corrected chi connectivity index (χ4v) is 2.72. The molecule has 1 fully saturated rings. The van der Waals surface area contributed by atoms with Gasteiger partial charge in [0.05, 0.1) is 0 Å². The topological polar surface area (TPSA) is 75.7 Å². The first-order valence-electron chi connectivity index (χ1n) is 7.90. The van der Waals surface area contributed by atoms with E-state index in [0.29, 0.717) is 5.56 Å². The van der Waals surface area contributed by atoms with Gasteiger partial charge in [0.15, 0.2) is 0 Å². The maximum Gasteiger partial charge on any atom is 0.326 e. The van der Waals surface area contributed by atoms with E-state index in [1.165, 1.54) is 0 Å². The van der Waals surface area contributed by atoms with E-state index >= 15 is 0 Å². The Kier molecular flexibility index (Phi) is 4.52. The van der Waals surface area contributed by atoms with Crippen molar-refractivity contribution in [3.8, 4) is 0 Å². The lowest BCUT2D eigenvalue weighted by Crippen LogP contribution is -2.41. The fraction of sp³-hybridized carbons (Fsp3) is 0.211. The van der Waals surface area contributed by atoms with Crippen molar-refractivity contribution in [2.75, 3.05) is 6.54 Å². The molecule has 1 saturated heterocycles. The second-order valence-electron chi connectivity index (χ2n) is 5.96. The van der Waals surface area contributed by atoms with Crippen molar-refractivity contribution in [1.82, 2.24) is 10.2 Å². The van der Waals surface area contributed by atoms with Gasteiger partial charge in [0.25, 0.3) is 5.91 Å². The first-order valence-corrected chi connectivity index (χ1v) is 7.90. The quantitative estimate of drug-likeness (QED) is 0.670. The first-order chi connectivity index (χ1) is 12.0.